The quantitative estimate of drug-likeness (QED) is 0.505. The maximum absolute atomic E-state index is 12.2. The summed E-state index contributed by atoms with van der Waals surface area (Å²) < 4.78 is 11.1. The number of nitrogens with one attached hydrogen (secondary N) is 1. The van der Waals surface area contributed by atoms with E-state index in [0.29, 0.717) is 26.9 Å². The van der Waals surface area contributed by atoms with E-state index in [9.17, 15) is 4.79 Å². The Morgan fingerprint density at radius 2 is 2.00 bits per heavy atom. The van der Waals surface area contributed by atoms with Gasteiger partial charge in [0.15, 0.2) is 0 Å². The van der Waals surface area contributed by atoms with Crippen LogP contribution in [-0.4, -0.2) is 21.9 Å². The minimum Gasteiger partial charge on any atom is -0.444 e. The molecular formula is C19H25Cl2N3O3S. The second-order valence-electron chi connectivity index (χ2n) is 7.45. The fourth-order valence-electron chi connectivity index (χ4n) is 2.30. The highest BCUT2D eigenvalue weighted by Crippen LogP contribution is 2.30. The van der Waals surface area contributed by atoms with Crippen molar-refractivity contribution in [2.24, 2.45) is 5.92 Å². The lowest BCUT2D eigenvalue weighted by atomic mass is 9.99. The van der Waals surface area contributed by atoms with Gasteiger partial charge in [-0.25, -0.2) is 4.79 Å². The smallest absolute Gasteiger partial charge is 0.408 e. The van der Waals surface area contributed by atoms with E-state index < -0.39 is 17.7 Å². The normalized spacial score (nSPS) is 13.8. The highest BCUT2D eigenvalue weighted by molar-refractivity contribution is 7.98. The Labute approximate surface area is 179 Å². The molecule has 9 heteroatoms. The molecule has 0 aliphatic rings. The van der Waals surface area contributed by atoms with Gasteiger partial charge in [-0.15, -0.1) is 10.2 Å². The van der Waals surface area contributed by atoms with Gasteiger partial charge in [-0.1, -0.05) is 61.3 Å². The molecule has 1 aromatic carbocycles. The van der Waals surface area contributed by atoms with Crippen molar-refractivity contribution >= 4 is 41.1 Å². The highest BCUT2D eigenvalue weighted by Gasteiger charge is 2.28. The van der Waals surface area contributed by atoms with E-state index >= 15 is 0 Å². The zero-order valence-corrected chi connectivity index (χ0v) is 18.9. The number of thioether (sulfide) groups is 1. The van der Waals surface area contributed by atoms with E-state index in [1.165, 1.54) is 11.8 Å². The van der Waals surface area contributed by atoms with Gasteiger partial charge in [0.25, 0.3) is 5.22 Å². The molecule has 1 amide bonds. The number of benzene rings is 1. The lowest BCUT2D eigenvalue weighted by molar-refractivity contribution is 0.0474. The molecule has 1 aromatic heterocycles. The van der Waals surface area contributed by atoms with Gasteiger partial charge in [0, 0.05) is 5.75 Å². The number of carbonyl (C=O) groups excluding carboxylic acids is 1. The van der Waals surface area contributed by atoms with Crippen LogP contribution in [0.2, 0.25) is 10.0 Å². The first kappa shape index (κ1) is 22.8. The fraction of sp³-hybridized carbons (Fsp3) is 0.526. The van der Waals surface area contributed by atoms with Crippen molar-refractivity contribution in [2.45, 2.75) is 63.7 Å². The predicted octanol–water partition coefficient (Wildman–Crippen LogP) is 6.28. The van der Waals surface area contributed by atoms with Crippen molar-refractivity contribution in [3.63, 3.8) is 0 Å². The second-order valence-corrected chi connectivity index (χ2v) is 9.19. The van der Waals surface area contributed by atoms with E-state index in [1.54, 1.807) is 12.1 Å². The average Bonchev–Trinajstić information content (AvgIpc) is 3.07. The summed E-state index contributed by atoms with van der Waals surface area (Å²) in [6, 6.07) is 5.03. The zero-order valence-electron chi connectivity index (χ0n) is 16.6. The molecule has 2 aromatic rings. The third-order valence-corrected chi connectivity index (χ3v) is 5.55. The predicted molar refractivity (Wildman–Crippen MR) is 112 cm³/mol. The van der Waals surface area contributed by atoms with Crippen LogP contribution in [0.15, 0.2) is 27.8 Å². The molecule has 0 saturated carbocycles. The first-order valence-corrected chi connectivity index (χ1v) is 10.7. The van der Waals surface area contributed by atoms with E-state index in [4.69, 9.17) is 32.4 Å². The minimum absolute atomic E-state index is 0.0980. The van der Waals surface area contributed by atoms with E-state index in [1.807, 2.05) is 40.7 Å². The summed E-state index contributed by atoms with van der Waals surface area (Å²) in [4.78, 5) is 12.2. The van der Waals surface area contributed by atoms with Crippen molar-refractivity contribution in [3.8, 4) is 0 Å². The highest BCUT2D eigenvalue weighted by atomic mass is 35.5. The number of hydrogen-bond donors (Lipinski definition) is 1. The van der Waals surface area contributed by atoms with Crippen LogP contribution in [0, 0.1) is 5.92 Å². The number of aromatic nitrogens is 2. The van der Waals surface area contributed by atoms with Crippen molar-refractivity contribution < 1.29 is 13.9 Å². The van der Waals surface area contributed by atoms with E-state index in [0.717, 1.165) is 12.0 Å². The van der Waals surface area contributed by atoms with Gasteiger partial charge in [-0.2, -0.15) is 0 Å². The minimum atomic E-state index is -0.584. The molecule has 0 radical (unpaired) electrons. The fourth-order valence-corrected chi connectivity index (χ4v) is 3.33. The van der Waals surface area contributed by atoms with Crippen LogP contribution in [0.1, 0.15) is 58.5 Å². The van der Waals surface area contributed by atoms with Gasteiger partial charge in [-0.3, -0.25) is 0 Å². The first-order chi connectivity index (χ1) is 13.1. The lowest BCUT2D eigenvalue weighted by Gasteiger charge is -2.24. The monoisotopic (exact) mass is 445 g/mol. The Bertz CT molecular complexity index is 808. The van der Waals surface area contributed by atoms with Crippen LogP contribution in [0.4, 0.5) is 4.79 Å². The second kappa shape index (κ2) is 9.85. The van der Waals surface area contributed by atoms with Crippen LogP contribution in [0.25, 0.3) is 0 Å². The summed E-state index contributed by atoms with van der Waals surface area (Å²) in [7, 11) is 0. The summed E-state index contributed by atoms with van der Waals surface area (Å²) in [5, 5.41) is 12.5. The van der Waals surface area contributed by atoms with Crippen LogP contribution in [0.3, 0.4) is 0 Å². The van der Waals surface area contributed by atoms with Gasteiger partial charge in [0.2, 0.25) is 5.89 Å². The molecule has 2 rings (SSSR count). The molecule has 0 aliphatic heterocycles. The Hall–Kier alpha value is -1.44. The Morgan fingerprint density at radius 3 is 2.61 bits per heavy atom. The van der Waals surface area contributed by atoms with Crippen molar-refractivity contribution in [1.82, 2.24) is 15.5 Å². The summed E-state index contributed by atoms with van der Waals surface area (Å²) in [6.45, 7) is 9.49. The number of nitrogens with zero attached hydrogens (tertiary/aromatic N) is 2. The molecule has 0 saturated heterocycles. The number of alkyl carbamates (subject to hydrolysis) is 1. The van der Waals surface area contributed by atoms with Crippen LogP contribution < -0.4 is 5.32 Å². The summed E-state index contributed by atoms with van der Waals surface area (Å²) >= 11 is 13.4. The maximum atomic E-state index is 12.2. The van der Waals surface area contributed by atoms with Gasteiger partial charge in [-0.05, 0) is 44.4 Å². The van der Waals surface area contributed by atoms with Crippen molar-refractivity contribution in [2.75, 3.05) is 0 Å². The zero-order chi connectivity index (χ0) is 20.9. The average molecular weight is 446 g/mol. The topological polar surface area (TPSA) is 77.2 Å². The van der Waals surface area contributed by atoms with E-state index in [2.05, 4.69) is 15.5 Å². The number of ether oxygens (including phenoxy) is 1. The number of carbonyl (C=O) groups is 1. The lowest BCUT2D eigenvalue weighted by Crippen LogP contribution is -2.37. The molecule has 2 atom stereocenters. The Kier molecular flexibility index (Phi) is 8.04. The molecular weight excluding hydrogens is 421 g/mol. The van der Waals surface area contributed by atoms with Gasteiger partial charge >= 0.3 is 6.09 Å². The maximum Gasteiger partial charge on any atom is 0.408 e. The SMILES string of the molecule is CC[C@@H](C)[C@H](NC(=O)OC(C)(C)C)c1nnc(SCc2ccc(Cl)c(Cl)c2)o1. The Balaban J connectivity index is 2.06. The van der Waals surface area contributed by atoms with Crippen LogP contribution in [0.5, 0.6) is 0 Å². The third kappa shape index (κ3) is 6.87. The van der Waals surface area contributed by atoms with Crippen LogP contribution in [-0.2, 0) is 10.5 Å². The standard InChI is InChI=1S/C19H25Cl2N3O3S/c1-6-11(2)15(22-17(25)27-19(3,4)5)16-23-24-18(26-16)28-10-12-7-8-13(20)14(21)9-12/h7-9,11,15H,6,10H2,1-5H3,(H,22,25)/t11-,15+/m1/s1. The number of hydrogen-bond acceptors (Lipinski definition) is 6. The molecule has 1 N–H and O–H groups in total. The van der Waals surface area contributed by atoms with Crippen molar-refractivity contribution in [3.05, 3.63) is 39.7 Å². The molecule has 0 unspecified atom stereocenters. The van der Waals surface area contributed by atoms with Crippen molar-refractivity contribution in [1.29, 1.82) is 0 Å². The molecule has 154 valence electrons. The molecule has 1 heterocycles. The van der Waals surface area contributed by atoms with Gasteiger partial charge in [0.05, 0.1) is 10.0 Å². The van der Waals surface area contributed by atoms with Gasteiger partial charge in [0.1, 0.15) is 11.6 Å². The molecule has 0 fully saturated rings. The molecule has 28 heavy (non-hydrogen) atoms. The number of amides is 1. The first-order valence-electron chi connectivity index (χ1n) is 8.98. The molecule has 6 nitrogen and oxygen atoms in total. The number of halogens is 2. The summed E-state index contributed by atoms with van der Waals surface area (Å²) in [5.41, 5.74) is 0.407. The third-order valence-electron chi connectivity index (χ3n) is 3.92. The molecule has 0 bridgehead atoms. The summed E-state index contributed by atoms with van der Waals surface area (Å²) in [6.07, 6.45) is 0.315. The number of rotatable bonds is 7. The molecule has 0 aliphatic carbocycles. The van der Waals surface area contributed by atoms with Gasteiger partial charge < -0.3 is 14.5 Å². The van der Waals surface area contributed by atoms with E-state index in [-0.39, 0.29) is 5.92 Å². The van der Waals surface area contributed by atoms with Crippen LogP contribution >= 0.6 is 35.0 Å². The molecule has 0 spiro atoms. The Morgan fingerprint density at radius 1 is 1.29 bits per heavy atom. The summed E-state index contributed by atoms with van der Waals surface area (Å²) in [5.74, 6) is 1.06. The largest absolute Gasteiger partial charge is 0.444 e.